The molecule has 0 radical (unpaired) electrons. The van der Waals surface area contributed by atoms with E-state index in [1.54, 1.807) is 0 Å². The van der Waals surface area contributed by atoms with Crippen molar-refractivity contribution >= 4 is 38.9 Å². The number of amides is 1. The van der Waals surface area contributed by atoms with E-state index in [0.717, 1.165) is 45.2 Å². The van der Waals surface area contributed by atoms with Crippen molar-refractivity contribution in [3.05, 3.63) is 56.8 Å². The molecule has 28 heavy (non-hydrogen) atoms. The van der Waals surface area contributed by atoms with Gasteiger partial charge in [-0.15, -0.1) is 11.3 Å². The van der Waals surface area contributed by atoms with Gasteiger partial charge in [-0.3, -0.25) is 4.79 Å². The van der Waals surface area contributed by atoms with Gasteiger partial charge < -0.3 is 5.32 Å². The Labute approximate surface area is 178 Å². The average Bonchev–Trinajstić information content (AvgIpc) is 3.19. The normalized spacial score (nSPS) is 11.2. The minimum Gasteiger partial charge on any atom is -0.326 e. The molecule has 0 bridgehead atoms. The molecule has 0 atom stereocenters. The van der Waals surface area contributed by atoms with E-state index >= 15 is 0 Å². The van der Waals surface area contributed by atoms with Gasteiger partial charge in [0.2, 0.25) is 11.0 Å². The highest BCUT2D eigenvalue weighted by atomic mass is 79.9. The Morgan fingerprint density at radius 1 is 1.25 bits per heavy atom. The van der Waals surface area contributed by atoms with Gasteiger partial charge in [0.25, 0.3) is 0 Å². The summed E-state index contributed by atoms with van der Waals surface area (Å²) in [6, 6.07) is 7.53. The van der Waals surface area contributed by atoms with Gasteiger partial charge in [0.05, 0.1) is 17.8 Å². The third-order valence-corrected chi connectivity index (χ3v) is 6.00. The van der Waals surface area contributed by atoms with Crippen LogP contribution in [0.15, 0.2) is 34.1 Å². The molecule has 7 heteroatoms. The number of thiazole rings is 1. The summed E-state index contributed by atoms with van der Waals surface area (Å²) in [5, 5.41) is 10.3. The number of halogens is 1. The van der Waals surface area contributed by atoms with Crippen LogP contribution in [0.3, 0.4) is 0 Å². The number of carbonyl (C=O) groups excluding carboxylic acids is 1. The Kier molecular flexibility index (Phi) is 6.67. The predicted octanol–water partition coefficient (Wildman–Crippen LogP) is 5.48. The van der Waals surface area contributed by atoms with E-state index in [2.05, 4.69) is 59.0 Å². The topological polar surface area (TPSA) is 59.8 Å². The standard InChI is InChI=1S/C21H25BrN4OS/c1-13(2)5-10-19-14(3)25-26(15(19)4)21-24-18(12-28-21)11-20(27)23-17-8-6-16(22)7-9-17/h6-9,12-13H,5,10-11H2,1-4H3,(H,23,27). The molecule has 0 saturated heterocycles. The smallest absolute Gasteiger partial charge is 0.230 e. The molecule has 0 aliphatic heterocycles. The molecular formula is C21H25BrN4OS. The quantitative estimate of drug-likeness (QED) is 0.507. The maximum Gasteiger partial charge on any atom is 0.230 e. The molecule has 0 saturated carbocycles. The molecule has 3 rings (SSSR count). The van der Waals surface area contributed by atoms with Crippen LogP contribution in [-0.2, 0) is 17.6 Å². The van der Waals surface area contributed by atoms with Crippen molar-refractivity contribution in [1.82, 2.24) is 14.8 Å². The van der Waals surface area contributed by atoms with Crippen molar-refractivity contribution in [2.24, 2.45) is 5.92 Å². The minimum atomic E-state index is -0.0786. The molecule has 0 fully saturated rings. The van der Waals surface area contributed by atoms with Gasteiger partial charge in [0.1, 0.15) is 0 Å². The van der Waals surface area contributed by atoms with E-state index in [1.165, 1.54) is 16.9 Å². The number of nitrogens with one attached hydrogen (secondary N) is 1. The Hall–Kier alpha value is -1.99. The summed E-state index contributed by atoms with van der Waals surface area (Å²) in [7, 11) is 0. The fourth-order valence-electron chi connectivity index (χ4n) is 3.03. The molecule has 0 spiro atoms. The molecule has 0 aliphatic carbocycles. The van der Waals surface area contributed by atoms with E-state index in [9.17, 15) is 4.79 Å². The van der Waals surface area contributed by atoms with Gasteiger partial charge in [0.15, 0.2) is 0 Å². The fraction of sp³-hybridized carbons (Fsp3) is 0.381. The summed E-state index contributed by atoms with van der Waals surface area (Å²) >= 11 is 4.91. The SMILES string of the molecule is Cc1nn(-c2nc(CC(=O)Nc3ccc(Br)cc3)cs2)c(C)c1CCC(C)C. The number of aromatic nitrogens is 3. The van der Waals surface area contributed by atoms with E-state index < -0.39 is 0 Å². The summed E-state index contributed by atoms with van der Waals surface area (Å²) in [5.41, 5.74) is 5.03. The van der Waals surface area contributed by atoms with Crippen molar-refractivity contribution in [1.29, 1.82) is 0 Å². The highest BCUT2D eigenvalue weighted by Gasteiger charge is 2.16. The number of anilines is 1. The molecule has 2 aromatic heterocycles. The van der Waals surface area contributed by atoms with Crippen LogP contribution in [0.25, 0.3) is 5.13 Å². The zero-order valence-electron chi connectivity index (χ0n) is 16.6. The van der Waals surface area contributed by atoms with Gasteiger partial charge >= 0.3 is 0 Å². The molecule has 0 aliphatic rings. The van der Waals surface area contributed by atoms with Crippen LogP contribution < -0.4 is 5.32 Å². The van der Waals surface area contributed by atoms with Gasteiger partial charge in [-0.05, 0) is 62.4 Å². The summed E-state index contributed by atoms with van der Waals surface area (Å²) < 4.78 is 2.89. The molecule has 0 unspecified atom stereocenters. The van der Waals surface area contributed by atoms with Crippen LogP contribution in [0.2, 0.25) is 0 Å². The lowest BCUT2D eigenvalue weighted by atomic mass is 10.0. The molecule has 1 aromatic carbocycles. The third kappa shape index (κ3) is 5.08. The molecule has 1 amide bonds. The molecule has 5 nitrogen and oxygen atoms in total. The third-order valence-electron chi connectivity index (χ3n) is 4.60. The van der Waals surface area contributed by atoms with E-state index in [1.807, 2.05) is 34.3 Å². The molecule has 1 N–H and O–H groups in total. The van der Waals surface area contributed by atoms with Gasteiger partial charge in [-0.1, -0.05) is 29.8 Å². The first-order valence-corrected chi connectivity index (χ1v) is 11.1. The molecule has 2 heterocycles. The largest absolute Gasteiger partial charge is 0.326 e. The second-order valence-corrected chi connectivity index (χ2v) is 9.10. The number of benzene rings is 1. The number of aryl methyl sites for hydroxylation is 1. The number of hydrogen-bond acceptors (Lipinski definition) is 4. The lowest BCUT2D eigenvalue weighted by Gasteiger charge is -2.05. The lowest BCUT2D eigenvalue weighted by Crippen LogP contribution is -2.14. The Bertz CT molecular complexity index is 959. The zero-order chi connectivity index (χ0) is 20.3. The van der Waals surface area contributed by atoms with Crippen molar-refractivity contribution in [3.63, 3.8) is 0 Å². The van der Waals surface area contributed by atoms with Crippen molar-refractivity contribution in [3.8, 4) is 5.13 Å². The Morgan fingerprint density at radius 3 is 2.64 bits per heavy atom. The molecule has 3 aromatic rings. The van der Waals surface area contributed by atoms with Crippen LogP contribution in [0.1, 0.15) is 42.9 Å². The first-order valence-electron chi connectivity index (χ1n) is 9.38. The average molecular weight is 461 g/mol. The van der Waals surface area contributed by atoms with Crippen molar-refractivity contribution in [2.45, 2.75) is 47.0 Å². The molecular weight excluding hydrogens is 436 g/mol. The highest BCUT2D eigenvalue weighted by Crippen LogP contribution is 2.23. The minimum absolute atomic E-state index is 0.0786. The summed E-state index contributed by atoms with van der Waals surface area (Å²) in [4.78, 5) is 16.9. The maximum atomic E-state index is 12.3. The van der Waals surface area contributed by atoms with Crippen LogP contribution >= 0.6 is 27.3 Å². The van der Waals surface area contributed by atoms with Crippen LogP contribution in [-0.4, -0.2) is 20.7 Å². The first-order chi connectivity index (χ1) is 13.3. The summed E-state index contributed by atoms with van der Waals surface area (Å²) in [6.07, 6.45) is 2.42. The van der Waals surface area contributed by atoms with Crippen LogP contribution in [0.5, 0.6) is 0 Å². The number of carbonyl (C=O) groups is 1. The van der Waals surface area contributed by atoms with Crippen molar-refractivity contribution in [2.75, 3.05) is 5.32 Å². The second-order valence-electron chi connectivity index (χ2n) is 7.35. The number of nitrogens with zero attached hydrogens (tertiary/aromatic N) is 3. The highest BCUT2D eigenvalue weighted by molar-refractivity contribution is 9.10. The monoisotopic (exact) mass is 460 g/mol. The van der Waals surface area contributed by atoms with E-state index in [4.69, 9.17) is 0 Å². The van der Waals surface area contributed by atoms with E-state index in [0.29, 0.717) is 5.92 Å². The maximum absolute atomic E-state index is 12.3. The Balaban J connectivity index is 1.69. The van der Waals surface area contributed by atoms with Gasteiger partial charge in [0, 0.05) is 21.2 Å². The summed E-state index contributed by atoms with van der Waals surface area (Å²) in [5.74, 6) is 0.586. The summed E-state index contributed by atoms with van der Waals surface area (Å²) in [6.45, 7) is 8.62. The van der Waals surface area contributed by atoms with Gasteiger partial charge in [-0.25, -0.2) is 9.67 Å². The first kappa shape index (κ1) is 20.7. The zero-order valence-corrected chi connectivity index (χ0v) is 19.0. The van der Waals surface area contributed by atoms with Crippen molar-refractivity contribution < 1.29 is 4.79 Å². The lowest BCUT2D eigenvalue weighted by molar-refractivity contribution is -0.115. The van der Waals surface area contributed by atoms with Crippen LogP contribution in [0, 0.1) is 19.8 Å². The van der Waals surface area contributed by atoms with Crippen LogP contribution in [0.4, 0.5) is 5.69 Å². The number of rotatable bonds is 7. The van der Waals surface area contributed by atoms with E-state index in [-0.39, 0.29) is 12.3 Å². The fourth-order valence-corrected chi connectivity index (χ4v) is 4.12. The molecule has 148 valence electrons. The predicted molar refractivity (Wildman–Crippen MR) is 118 cm³/mol. The van der Waals surface area contributed by atoms with Gasteiger partial charge in [-0.2, -0.15) is 5.10 Å². The number of hydrogen-bond donors (Lipinski definition) is 1. The Morgan fingerprint density at radius 2 is 1.96 bits per heavy atom. The second kappa shape index (κ2) is 9.01.